The Kier molecular flexibility index (Phi) is 4.35. The van der Waals surface area contributed by atoms with E-state index in [1.165, 1.54) is 0 Å². The van der Waals surface area contributed by atoms with Gasteiger partial charge in [-0.05, 0) is 31.9 Å². The number of aromatic nitrogens is 1. The summed E-state index contributed by atoms with van der Waals surface area (Å²) in [6.45, 7) is 3.19. The quantitative estimate of drug-likeness (QED) is 0.847. The van der Waals surface area contributed by atoms with Crippen molar-refractivity contribution in [2.75, 3.05) is 18.4 Å². The highest BCUT2D eigenvalue weighted by Crippen LogP contribution is 2.29. The molecule has 1 aliphatic rings. The fourth-order valence-corrected chi connectivity index (χ4v) is 2.05. The van der Waals surface area contributed by atoms with Gasteiger partial charge in [0.2, 0.25) is 0 Å². The van der Waals surface area contributed by atoms with E-state index in [0.717, 1.165) is 19.4 Å². The molecule has 0 saturated heterocycles. The van der Waals surface area contributed by atoms with E-state index < -0.39 is 0 Å². The van der Waals surface area contributed by atoms with E-state index in [9.17, 15) is 4.79 Å². The van der Waals surface area contributed by atoms with Gasteiger partial charge < -0.3 is 10.2 Å². The second-order valence-corrected chi connectivity index (χ2v) is 4.57. The third-order valence-electron chi connectivity index (χ3n) is 3.10. The van der Waals surface area contributed by atoms with E-state index in [0.29, 0.717) is 30.4 Å². The second kappa shape index (κ2) is 6.19. The van der Waals surface area contributed by atoms with Gasteiger partial charge >= 0.3 is 0 Å². The van der Waals surface area contributed by atoms with Crippen LogP contribution in [0.5, 0.6) is 0 Å². The van der Waals surface area contributed by atoms with Gasteiger partial charge in [0.15, 0.2) is 0 Å². The SMILES string of the molecule is CCNc1ncccc1C(=O)N(CCC#N)C1CC1. The van der Waals surface area contributed by atoms with Crippen LogP contribution in [0.2, 0.25) is 0 Å². The van der Waals surface area contributed by atoms with Crippen LogP contribution in [0.3, 0.4) is 0 Å². The summed E-state index contributed by atoms with van der Waals surface area (Å²) < 4.78 is 0. The minimum Gasteiger partial charge on any atom is -0.370 e. The predicted octanol–water partition coefficient (Wildman–Crippen LogP) is 2.03. The minimum atomic E-state index is -0.0261. The molecule has 0 aromatic carbocycles. The molecule has 0 spiro atoms. The number of nitriles is 1. The number of hydrogen-bond acceptors (Lipinski definition) is 4. The number of carbonyl (C=O) groups excluding carboxylic acids is 1. The van der Waals surface area contributed by atoms with Gasteiger partial charge in [-0.2, -0.15) is 5.26 Å². The average molecular weight is 258 g/mol. The average Bonchev–Trinajstić information content (AvgIpc) is 3.24. The summed E-state index contributed by atoms with van der Waals surface area (Å²) in [5, 5.41) is 11.8. The Balaban J connectivity index is 2.19. The number of amides is 1. The first-order chi connectivity index (χ1) is 9.27. The van der Waals surface area contributed by atoms with Crippen molar-refractivity contribution in [2.45, 2.75) is 32.2 Å². The Bertz CT molecular complexity index is 490. The maximum atomic E-state index is 12.6. The molecule has 1 aromatic heterocycles. The summed E-state index contributed by atoms with van der Waals surface area (Å²) in [7, 11) is 0. The molecule has 5 nitrogen and oxygen atoms in total. The first-order valence-electron chi connectivity index (χ1n) is 6.64. The van der Waals surface area contributed by atoms with Crippen molar-refractivity contribution < 1.29 is 4.79 Å². The van der Waals surface area contributed by atoms with Crippen LogP contribution in [-0.2, 0) is 0 Å². The summed E-state index contributed by atoms with van der Waals surface area (Å²) in [6, 6.07) is 5.96. The van der Waals surface area contributed by atoms with Crippen LogP contribution in [0.25, 0.3) is 0 Å². The van der Waals surface area contributed by atoms with Gasteiger partial charge in [-0.15, -0.1) is 0 Å². The first-order valence-corrected chi connectivity index (χ1v) is 6.64. The molecule has 100 valence electrons. The first kappa shape index (κ1) is 13.3. The van der Waals surface area contributed by atoms with Crippen LogP contribution in [-0.4, -0.2) is 34.9 Å². The van der Waals surface area contributed by atoms with E-state index in [1.54, 1.807) is 23.2 Å². The molecule has 1 amide bonds. The van der Waals surface area contributed by atoms with E-state index in [-0.39, 0.29) is 5.91 Å². The Morgan fingerprint density at radius 2 is 2.42 bits per heavy atom. The third-order valence-corrected chi connectivity index (χ3v) is 3.10. The molecule has 1 aliphatic carbocycles. The lowest BCUT2D eigenvalue weighted by Crippen LogP contribution is -2.34. The Morgan fingerprint density at radius 1 is 1.63 bits per heavy atom. The molecule has 1 fully saturated rings. The molecule has 0 radical (unpaired) electrons. The minimum absolute atomic E-state index is 0.0261. The van der Waals surface area contributed by atoms with Crippen LogP contribution in [0.15, 0.2) is 18.3 Å². The van der Waals surface area contributed by atoms with Crippen LogP contribution in [0.1, 0.15) is 36.5 Å². The molecule has 0 unspecified atom stereocenters. The molecule has 0 atom stereocenters. The molecule has 19 heavy (non-hydrogen) atoms. The van der Waals surface area contributed by atoms with Crippen molar-refractivity contribution in [3.05, 3.63) is 23.9 Å². The largest absolute Gasteiger partial charge is 0.370 e. The second-order valence-electron chi connectivity index (χ2n) is 4.57. The van der Waals surface area contributed by atoms with Crippen LogP contribution < -0.4 is 5.32 Å². The molecule has 1 saturated carbocycles. The summed E-state index contributed by atoms with van der Waals surface area (Å²) in [4.78, 5) is 18.6. The van der Waals surface area contributed by atoms with E-state index in [1.807, 2.05) is 6.92 Å². The molecule has 0 aliphatic heterocycles. The number of anilines is 1. The lowest BCUT2D eigenvalue weighted by molar-refractivity contribution is 0.0747. The van der Waals surface area contributed by atoms with Crippen molar-refractivity contribution in [1.82, 2.24) is 9.88 Å². The number of pyridine rings is 1. The van der Waals surface area contributed by atoms with Gasteiger partial charge in [-0.25, -0.2) is 4.98 Å². The van der Waals surface area contributed by atoms with Crippen molar-refractivity contribution >= 4 is 11.7 Å². The lowest BCUT2D eigenvalue weighted by Gasteiger charge is -2.22. The van der Waals surface area contributed by atoms with Gasteiger partial charge in [0.25, 0.3) is 5.91 Å². The highest BCUT2D eigenvalue weighted by atomic mass is 16.2. The molecule has 0 bridgehead atoms. The Hall–Kier alpha value is -2.09. The maximum Gasteiger partial charge on any atom is 0.257 e. The molecule has 1 N–H and O–H groups in total. The van der Waals surface area contributed by atoms with Crippen molar-refractivity contribution in [1.29, 1.82) is 5.26 Å². The summed E-state index contributed by atoms with van der Waals surface area (Å²) in [5.74, 6) is 0.597. The number of hydrogen-bond donors (Lipinski definition) is 1. The van der Waals surface area contributed by atoms with Crippen LogP contribution >= 0.6 is 0 Å². The number of rotatable bonds is 6. The van der Waals surface area contributed by atoms with E-state index in [2.05, 4.69) is 16.4 Å². The maximum absolute atomic E-state index is 12.6. The Morgan fingerprint density at radius 3 is 3.05 bits per heavy atom. The zero-order valence-electron chi connectivity index (χ0n) is 11.1. The number of carbonyl (C=O) groups is 1. The highest BCUT2D eigenvalue weighted by Gasteiger charge is 2.33. The molecule has 5 heteroatoms. The number of nitrogens with one attached hydrogen (secondary N) is 1. The fraction of sp³-hybridized carbons (Fsp3) is 0.500. The van der Waals surface area contributed by atoms with Gasteiger partial charge in [0, 0.05) is 25.3 Å². The summed E-state index contributed by atoms with van der Waals surface area (Å²) in [5.41, 5.74) is 0.592. The molecular formula is C14H18N4O. The van der Waals surface area contributed by atoms with Gasteiger partial charge in [-0.1, -0.05) is 0 Å². The lowest BCUT2D eigenvalue weighted by atomic mass is 10.2. The highest BCUT2D eigenvalue weighted by molar-refractivity contribution is 5.99. The zero-order chi connectivity index (χ0) is 13.7. The van der Waals surface area contributed by atoms with Crippen molar-refractivity contribution in [3.8, 4) is 6.07 Å². The zero-order valence-corrected chi connectivity index (χ0v) is 11.1. The normalized spacial score (nSPS) is 13.7. The molecular weight excluding hydrogens is 240 g/mol. The van der Waals surface area contributed by atoms with E-state index in [4.69, 9.17) is 5.26 Å². The van der Waals surface area contributed by atoms with Crippen LogP contribution in [0.4, 0.5) is 5.82 Å². The fourth-order valence-electron chi connectivity index (χ4n) is 2.05. The molecule has 1 heterocycles. The van der Waals surface area contributed by atoms with Gasteiger partial charge in [0.05, 0.1) is 18.1 Å². The molecule has 2 rings (SSSR count). The molecule has 1 aromatic rings. The van der Waals surface area contributed by atoms with Crippen molar-refractivity contribution in [2.24, 2.45) is 0 Å². The topological polar surface area (TPSA) is 69.0 Å². The van der Waals surface area contributed by atoms with Crippen molar-refractivity contribution in [3.63, 3.8) is 0 Å². The summed E-state index contributed by atoms with van der Waals surface area (Å²) >= 11 is 0. The van der Waals surface area contributed by atoms with E-state index >= 15 is 0 Å². The summed E-state index contributed by atoms with van der Waals surface area (Å²) in [6.07, 6.45) is 4.12. The number of nitrogens with zero attached hydrogens (tertiary/aromatic N) is 3. The standard InChI is InChI=1S/C14H18N4O/c1-2-16-13-12(5-3-9-17-13)14(19)18(10-4-8-15)11-6-7-11/h3,5,9,11H,2,4,6-7,10H2,1H3,(H,16,17). The van der Waals surface area contributed by atoms with Crippen LogP contribution in [0, 0.1) is 11.3 Å². The van der Waals surface area contributed by atoms with Gasteiger partial charge in [0.1, 0.15) is 5.82 Å². The monoisotopic (exact) mass is 258 g/mol. The Labute approximate surface area is 113 Å². The van der Waals surface area contributed by atoms with Gasteiger partial charge in [-0.3, -0.25) is 4.79 Å². The predicted molar refractivity (Wildman–Crippen MR) is 72.7 cm³/mol. The smallest absolute Gasteiger partial charge is 0.257 e. The third kappa shape index (κ3) is 3.22.